The number of rotatable bonds is 2. The molecule has 1 atom stereocenters. The molecule has 4 N–H and O–H groups in total. The maximum Gasteiger partial charge on any atom is 0.119 e. The van der Waals surface area contributed by atoms with Crippen LogP contribution < -0.4 is 5.73 Å². The molecule has 0 fully saturated rings. The van der Waals surface area contributed by atoms with Crippen LogP contribution in [-0.4, -0.2) is 10.2 Å². The minimum atomic E-state index is -0.155. The molecule has 0 amide bonds. The summed E-state index contributed by atoms with van der Waals surface area (Å²) in [7, 11) is 0. The van der Waals surface area contributed by atoms with Crippen LogP contribution >= 0.6 is 0 Å². The van der Waals surface area contributed by atoms with E-state index in [9.17, 15) is 10.2 Å². The molecule has 3 nitrogen and oxygen atoms in total. The summed E-state index contributed by atoms with van der Waals surface area (Å²) in [5, 5.41) is 18.4. The molecule has 3 heteroatoms. The number of hydrogen-bond donors (Lipinski definition) is 3. The number of nitrogens with two attached hydrogens (primary N) is 1. The second-order valence-corrected chi connectivity index (χ2v) is 3.55. The van der Waals surface area contributed by atoms with Crippen molar-refractivity contribution in [3.05, 3.63) is 23.8 Å². The van der Waals surface area contributed by atoms with Crippen LogP contribution in [-0.2, 0) is 0 Å². The quantitative estimate of drug-likeness (QED) is 0.651. The van der Waals surface area contributed by atoms with Crippen LogP contribution in [0.25, 0.3) is 0 Å². The first-order valence-corrected chi connectivity index (χ1v) is 4.29. The minimum absolute atomic E-state index is 0.0473. The van der Waals surface area contributed by atoms with Gasteiger partial charge in [-0.05, 0) is 23.6 Å². The second kappa shape index (κ2) is 3.66. The zero-order valence-electron chi connectivity index (χ0n) is 7.86. The Morgan fingerprint density at radius 2 is 1.54 bits per heavy atom. The van der Waals surface area contributed by atoms with Crippen molar-refractivity contribution in [3.63, 3.8) is 0 Å². The second-order valence-electron chi connectivity index (χ2n) is 3.55. The third kappa shape index (κ3) is 2.36. The number of phenols is 2. The van der Waals surface area contributed by atoms with Gasteiger partial charge in [0.05, 0.1) is 0 Å². The predicted octanol–water partition coefficient (Wildman–Crippen LogP) is 1.75. The van der Waals surface area contributed by atoms with Crippen LogP contribution in [0.15, 0.2) is 18.2 Å². The Balaban J connectivity index is 3.01. The van der Waals surface area contributed by atoms with Crippen LogP contribution in [0, 0.1) is 5.92 Å². The highest BCUT2D eigenvalue weighted by Crippen LogP contribution is 2.26. The summed E-state index contributed by atoms with van der Waals surface area (Å²) in [4.78, 5) is 0. The van der Waals surface area contributed by atoms with Crippen LogP contribution in [0.5, 0.6) is 11.5 Å². The highest BCUT2D eigenvalue weighted by atomic mass is 16.3. The van der Waals surface area contributed by atoms with Crippen LogP contribution in [0.4, 0.5) is 0 Å². The predicted molar refractivity (Wildman–Crippen MR) is 51.5 cm³/mol. The first-order chi connectivity index (χ1) is 6.00. The number of hydrogen-bond acceptors (Lipinski definition) is 3. The van der Waals surface area contributed by atoms with E-state index in [4.69, 9.17) is 5.73 Å². The lowest BCUT2D eigenvalue weighted by Gasteiger charge is -2.16. The van der Waals surface area contributed by atoms with Crippen LogP contribution in [0.3, 0.4) is 0 Å². The van der Waals surface area contributed by atoms with Gasteiger partial charge in [-0.1, -0.05) is 13.8 Å². The molecule has 0 aromatic heterocycles. The van der Waals surface area contributed by atoms with Gasteiger partial charge < -0.3 is 15.9 Å². The first kappa shape index (κ1) is 9.86. The lowest BCUT2D eigenvalue weighted by atomic mass is 9.97. The van der Waals surface area contributed by atoms with Gasteiger partial charge in [0.15, 0.2) is 0 Å². The fourth-order valence-electron chi connectivity index (χ4n) is 1.20. The van der Waals surface area contributed by atoms with E-state index in [-0.39, 0.29) is 23.5 Å². The van der Waals surface area contributed by atoms with E-state index in [0.717, 1.165) is 5.56 Å². The Kier molecular flexibility index (Phi) is 2.78. The van der Waals surface area contributed by atoms with E-state index in [1.165, 1.54) is 6.07 Å². The maximum atomic E-state index is 9.21. The Bertz CT molecular complexity index is 277. The SMILES string of the molecule is CC(C)[C@@H](N)c1cc(O)cc(O)c1. The lowest BCUT2D eigenvalue weighted by Crippen LogP contribution is -2.16. The molecule has 1 aromatic rings. The molecule has 0 aliphatic rings. The van der Waals surface area contributed by atoms with Crippen molar-refractivity contribution in [1.82, 2.24) is 0 Å². The normalized spacial score (nSPS) is 13.2. The van der Waals surface area contributed by atoms with Gasteiger partial charge >= 0.3 is 0 Å². The number of aromatic hydroxyl groups is 2. The molecule has 1 rings (SSSR count). The molecule has 1 aromatic carbocycles. The Labute approximate surface area is 77.8 Å². The Hall–Kier alpha value is -1.22. The maximum absolute atomic E-state index is 9.21. The summed E-state index contributed by atoms with van der Waals surface area (Å²) >= 11 is 0. The molecule has 0 radical (unpaired) electrons. The van der Waals surface area contributed by atoms with E-state index in [1.807, 2.05) is 13.8 Å². The molecule has 0 spiro atoms. The van der Waals surface area contributed by atoms with Gasteiger partial charge in [0, 0.05) is 12.1 Å². The van der Waals surface area contributed by atoms with Gasteiger partial charge in [0.2, 0.25) is 0 Å². The largest absolute Gasteiger partial charge is 0.508 e. The number of phenolic OH excluding ortho intramolecular Hbond substituents is 2. The molecule has 0 saturated heterocycles. The van der Waals surface area contributed by atoms with E-state index in [2.05, 4.69) is 0 Å². The molecule has 0 aliphatic heterocycles. The van der Waals surface area contributed by atoms with Crippen LogP contribution in [0.2, 0.25) is 0 Å². The van der Waals surface area contributed by atoms with Crippen molar-refractivity contribution in [1.29, 1.82) is 0 Å². The van der Waals surface area contributed by atoms with Crippen molar-refractivity contribution in [2.24, 2.45) is 11.7 Å². The van der Waals surface area contributed by atoms with Gasteiger partial charge in [0.1, 0.15) is 11.5 Å². The van der Waals surface area contributed by atoms with E-state index in [0.29, 0.717) is 0 Å². The van der Waals surface area contributed by atoms with Crippen molar-refractivity contribution >= 4 is 0 Å². The number of benzene rings is 1. The van der Waals surface area contributed by atoms with Crippen molar-refractivity contribution in [3.8, 4) is 11.5 Å². The average Bonchev–Trinajstić information content (AvgIpc) is 2.01. The van der Waals surface area contributed by atoms with Gasteiger partial charge in [-0.2, -0.15) is 0 Å². The van der Waals surface area contributed by atoms with E-state index in [1.54, 1.807) is 12.1 Å². The van der Waals surface area contributed by atoms with Crippen molar-refractivity contribution in [2.75, 3.05) is 0 Å². The fraction of sp³-hybridized carbons (Fsp3) is 0.400. The van der Waals surface area contributed by atoms with Crippen molar-refractivity contribution in [2.45, 2.75) is 19.9 Å². The molecular weight excluding hydrogens is 166 g/mol. The molecule has 0 bridgehead atoms. The summed E-state index contributed by atoms with van der Waals surface area (Å²) < 4.78 is 0. The van der Waals surface area contributed by atoms with Crippen LogP contribution in [0.1, 0.15) is 25.5 Å². The molecule has 0 saturated carbocycles. The average molecular weight is 181 g/mol. The molecule has 0 heterocycles. The molecule has 13 heavy (non-hydrogen) atoms. The first-order valence-electron chi connectivity index (χ1n) is 4.29. The summed E-state index contributed by atoms with van der Waals surface area (Å²) in [6, 6.07) is 4.28. The van der Waals surface area contributed by atoms with E-state index < -0.39 is 0 Å². The standard InChI is InChI=1S/C10H15NO2/c1-6(2)10(11)7-3-8(12)5-9(13)4-7/h3-6,10,12-13H,11H2,1-2H3/t10-/m1/s1. The Morgan fingerprint density at radius 3 is 1.92 bits per heavy atom. The highest BCUT2D eigenvalue weighted by Gasteiger charge is 2.11. The van der Waals surface area contributed by atoms with Gasteiger partial charge in [-0.25, -0.2) is 0 Å². The third-order valence-corrected chi connectivity index (χ3v) is 2.03. The van der Waals surface area contributed by atoms with E-state index >= 15 is 0 Å². The van der Waals surface area contributed by atoms with Gasteiger partial charge in [-0.15, -0.1) is 0 Å². The third-order valence-electron chi connectivity index (χ3n) is 2.03. The topological polar surface area (TPSA) is 66.5 Å². The van der Waals surface area contributed by atoms with Crippen molar-refractivity contribution < 1.29 is 10.2 Å². The molecular formula is C10H15NO2. The Morgan fingerprint density at radius 1 is 1.08 bits per heavy atom. The summed E-state index contributed by atoms with van der Waals surface area (Å²) in [5.74, 6) is 0.374. The molecule has 0 unspecified atom stereocenters. The minimum Gasteiger partial charge on any atom is -0.508 e. The smallest absolute Gasteiger partial charge is 0.119 e. The summed E-state index contributed by atoms with van der Waals surface area (Å²) in [6.45, 7) is 3.98. The summed E-state index contributed by atoms with van der Waals surface area (Å²) in [5.41, 5.74) is 6.61. The molecule has 0 aliphatic carbocycles. The fourth-order valence-corrected chi connectivity index (χ4v) is 1.20. The highest BCUT2D eigenvalue weighted by molar-refractivity contribution is 5.38. The molecule has 72 valence electrons. The van der Waals surface area contributed by atoms with Gasteiger partial charge in [0.25, 0.3) is 0 Å². The summed E-state index contributed by atoms with van der Waals surface area (Å²) in [6.07, 6.45) is 0. The zero-order valence-corrected chi connectivity index (χ0v) is 7.86. The lowest BCUT2D eigenvalue weighted by molar-refractivity contribution is 0.443. The zero-order chi connectivity index (χ0) is 10.0. The monoisotopic (exact) mass is 181 g/mol. The van der Waals surface area contributed by atoms with Gasteiger partial charge in [-0.3, -0.25) is 0 Å².